The minimum atomic E-state index is 0.114. The van der Waals surface area contributed by atoms with Crippen molar-refractivity contribution in [2.75, 3.05) is 20.2 Å². The molecule has 1 aromatic carbocycles. The van der Waals surface area contributed by atoms with Gasteiger partial charge in [-0.3, -0.25) is 10.3 Å². The zero-order valence-corrected chi connectivity index (χ0v) is 11.4. The van der Waals surface area contributed by atoms with Crippen molar-refractivity contribution < 1.29 is 4.74 Å². The number of nitrogens with one attached hydrogen (secondary N) is 1. The third-order valence-electron chi connectivity index (χ3n) is 2.61. The number of ether oxygens (including phenoxy) is 1. The van der Waals surface area contributed by atoms with Gasteiger partial charge in [-0.15, -0.1) is 0 Å². The molecule has 0 saturated heterocycles. The van der Waals surface area contributed by atoms with E-state index in [9.17, 15) is 0 Å². The molecule has 0 spiro atoms. The van der Waals surface area contributed by atoms with Crippen LogP contribution < -0.4 is 5.73 Å². The van der Waals surface area contributed by atoms with E-state index in [-0.39, 0.29) is 11.9 Å². The fourth-order valence-corrected chi connectivity index (χ4v) is 1.67. The second kappa shape index (κ2) is 7.13. The maximum absolute atomic E-state index is 7.42. The molecule has 1 aromatic rings. The van der Waals surface area contributed by atoms with Crippen LogP contribution in [-0.4, -0.2) is 37.0 Å². The molecule has 0 aliphatic rings. The van der Waals surface area contributed by atoms with Crippen LogP contribution in [0.5, 0.6) is 0 Å². The topological polar surface area (TPSA) is 62.3 Å². The van der Waals surface area contributed by atoms with Gasteiger partial charge < -0.3 is 10.5 Å². The Labute approximate surface area is 109 Å². The molecular weight excluding hydrogens is 226 g/mol. The van der Waals surface area contributed by atoms with Crippen LogP contribution in [0.1, 0.15) is 25.0 Å². The summed E-state index contributed by atoms with van der Waals surface area (Å²) in [5.74, 6) is 0.114. The van der Waals surface area contributed by atoms with Gasteiger partial charge in [0.1, 0.15) is 5.84 Å². The zero-order valence-electron chi connectivity index (χ0n) is 11.4. The number of hydrogen-bond acceptors (Lipinski definition) is 3. The lowest BCUT2D eigenvalue weighted by molar-refractivity contribution is 0.0627. The third kappa shape index (κ3) is 5.29. The normalized spacial score (nSPS) is 11.2. The highest BCUT2D eigenvalue weighted by atomic mass is 16.5. The Balaban J connectivity index is 2.46. The third-order valence-corrected chi connectivity index (χ3v) is 2.61. The van der Waals surface area contributed by atoms with Gasteiger partial charge in [0.2, 0.25) is 0 Å². The maximum Gasteiger partial charge on any atom is 0.122 e. The summed E-state index contributed by atoms with van der Waals surface area (Å²) in [4.78, 5) is 2.20. The summed E-state index contributed by atoms with van der Waals surface area (Å²) in [6.07, 6.45) is 0.277. The van der Waals surface area contributed by atoms with Crippen molar-refractivity contribution in [1.29, 1.82) is 5.41 Å². The number of benzene rings is 1. The van der Waals surface area contributed by atoms with E-state index in [1.165, 1.54) is 0 Å². The number of hydrogen-bond donors (Lipinski definition) is 2. The van der Waals surface area contributed by atoms with Gasteiger partial charge in [-0.25, -0.2) is 0 Å². The largest absolute Gasteiger partial charge is 0.384 e. The second-order valence-corrected chi connectivity index (χ2v) is 4.77. The lowest BCUT2D eigenvalue weighted by Gasteiger charge is -2.18. The molecule has 0 aromatic heterocycles. The molecular formula is C14H23N3O. The highest BCUT2D eigenvalue weighted by Crippen LogP contribution is 2.07. The van der Waals surface area contributed by atoms with Gasteiger partial charge in [0, 0.05) is 18.7 Å². The second-order valence-electron chi connectivity index (χ2n) is 4.77. The minimum Gasteiger partial charge on any atom is -0.384 e. The first-order chi connectivity index (χ1) is 8.49. The molecule has 1 rings (SSSR count). The Hall–Kier alpha value is -1.39. The van der Waals surface area contributed by atoms with Crippen molar-refractivity contribution in [2.45, 2.75) is 26.5 Å². The van der Waals surface area contributed by atoms with Crippen molar-refractivity contribution >= 4 is 5.84 Å². The highest BCUT2D eigenvalue weighted by molar-refractivity contribution is 5.95. The Morgan fingerprint density at radius 3 is 2.78 bits per heavy atom. The minimum absolute atomic E-state index is 0.114. The molecule has 0 saturated carbocycles. The molecule has 0 bridgehead atoms. The number of nitrogens with zero attached hydrogens (tertiary/aromatic N) is 1. The molecule has 0 heterocycles. The first kappa shape index (κ1) is 14.7. The summed E-state index contributed by atoms with van der Waals surface area (Å²) in [6.45, 7) is 6.54. The van der Waals surface area contributed by atoms with E-state index in [4.69, 9.17) is 15.9 Å². The van der Waals surface area contributed by atoms with E-state index >= 15 is 0 Å². The average Bonchev–Trinajstić information content (AvgIpc) is 2.28. The van der Waals surface area contributed by atoms with Gasteiger partial charge in [-0.2, -0.15) is 0 Å². The van der Waals surface area contributed by atoms with Crippen LogP contribution in [0.2, 0.25) is 0 Å². The van der Waals surface area contributed by atoms with E-state index in [2.05, 4.69) is 11.9 Å². The molecule has 0 aliphatic heterocycles. The van der Waals surface area contributed by atoms with Crippen LogP contribution in [0, 0.1) is 5.41 Å². The molecule has 0 fully saturated rings. The predicted octanol–water partition coefficient (Wildman–Crippen LogP) is 1.83. The molecule has 0 unspecified atom stereocenters. The molecule has 100 valence electrons. The fraction of sp³-hybridized carbons (Fsp3) is 0.500. The first-order valence-corrected chi connectivity index (χ1v) is 6.22. The van der Waals surface area contributed by atoms with E-state index in [1.54, 1.807) is 0 Å². The van der Waals surface area contributed by atoms with Crippen molar-refractivity contribution in [3.8, 4) is 0 Å². The standard InChI is InChI=1S/C14H23N3O/c1-11(2)18-8-7-17(3)10-12-5-4-6-13(9-12)14(15)16/h4-6,9,11H,7-8,10H2,1-3H3,(H3,15,16). The van der Waals surface area contributed by atoms with Crippen LogP contribution in [-0.2, 0) is 11.3 Å². The van der Waals surface area contributed by atoms with Gasteiger partial charge in [0.15, 0.2) is 0 Å². The van der Waals surface area contributed by atoms with Gasteiger partial charge in [-0.1, -0.05) is 18.2 Å². The summed E-state index contributed by atoms with van der Waals surface area (Å²) in [6, 6.07) is 7.80. The SMILES string of the molecule is CC(C)OCCN(C)Cc1cccc(C(=N)N)c1. The van der Waals surface area contributed by atoms with Gasteiger partial charge in [0.05, 0.1) is 12.7 Å². The first-order valence-electron chi connectivity index (χ1n) is 6.22. The lowest BCUT2D eigenvalue weighted by atomic mass is 10.1. The molecule has 18 heavy (non-hydrogen) atoms. The van der Waals surface area contributed by atoms with Crippen molar-refractivity contribution in [1.82, 2.24) is 4.90 Å². The molecule has 4 nitrogen and oxygen atoms in total. The molecule has 0 radical (unpaired) electrons. The average molecular weight is 249 g/mol. The molecule has 0 aliphatic carbocycles. The maximum atomic E-state index is 7.42. The Kier molecular flexibility index (Phi) is 5.82. The lowest BCUT2D eigenvalue weighted by Crippen LogP contribution is -2.24. The summed E-state index contributed by atoms with van der Waals surface area (Å²) < 4.78 is 5.52. The zero-order chi connectivity index (χ0) is 13.5. The van der Waals surface area contributed by atoms with Crippen LogP contribution in [0.3, 0.4) is 0 Å². The molecule has 0 atom stereocenters. The fourth-order valence-electron chi connectivity index (χ4n) is 1.67. The number of rotatable bonds is 7. The van der Waals surface area contributed by atoms with E-state index < -0.39 is 0 Å². The Morgan fingerprint density at radius 1 is 1.44 bits per heavy atom. The summed E-state index contributed by atoms with van der Waals surface area (Å²) >= 11 is 0. The van der Waals surface area contributed by atoms with Gasteiger partial charge in [-0.05, 0) is 32.5 Å². The Bertz CT molecular complexity index is 390. The highest BCUT2D eigenvalue weighted by Gasteiger charge is 2.03. The number of amidine groups is 1. The van der Waals surface area contributed by atoms with Crippen molar-refractivity contribution in [2.24, 2.45) is 5.73 Å². The predicted molar refractivity (Wildman–Crippen MR) is 74.9 cm³/mol. The quantitative estimate of drug-likeness (QED) is 0.572. The summed E-state index contributed by atoms with van der Waals surface area (Å²) in [5, 5.41) is 7.42. The van der Waals surface area contributed by atoms with Gasteiger partial charge >= 0.3 is 0 Å². The smallest absolute Gasteiger partial charge is 0.122 e. The van der Waals surface area contributed by atoms with Crippen LogP contribution in [0.4, 0.5) is 0 Å². The number of likely N-dealkylation sites (N-methyl/N-ethyl adjacent to an activating group) is 1. The van der Waals surface area contributed by atoms with Crippen molar-refractivity contribution in [3.05, 3.63) is 35.4 Å². The van der Waals surface area contributed by atoms with E-state index in [0.29, 0.717) is 0 Å². The monoisotopic (exact) mass is 249 g/mol. The van der Waals surface area contributed by atoms with E-state index in [0.717, 1.165) is 30.8 Å². The summed E-state index contributed by atoms with van der Waals surface area (Å²) in [7, 11) is 2.06. The summed E-state index contributed by atoms with van der Waals surface area (Å²) in [5.41, 5.74) is 7.42. The Morgan fingerprint density at radius 2 is 2.17 bits per heavy atom. The number of nitrogens with two attached hydrogens (primary N) is 1. The molecule has 0 amide bonds. The van der Waals surface area contributed by atoms with Crippen LogP contribution in [0.15, 0.2) is 24.3 Å². The van der Waals surface area contributed by atoms with Crippen LogP contribution in [0.25, 0.3) is 0 Å². The van der Waals surface area contributed by atoms with E-state index in [1.807, 2.05) is 38.1 Å². The molecule has 4 heteroatoms. The van der Waals surface area contributed by atoms with Gasteiger partial charge in [0.25, 0.3) is 0 Å². The molecule has 3 N–H and O–H groups in total. The number of nitrogen functional groups attached to an aromatic ring is 1. The van der Waals surface area contributed by atoms with Crippen LogP contribution >= 0.6 is 0 Å². The van der Waals surface area contributed by atoms with Crippen molar-refractivity contribution in [3.63, 3.8) is 0 Å².